The molecule has 2 aromatic rings. The summed E-state index contributed by atoms with van der Waals surface area (Å²) in [7, 11) is 0. The molecule has 0 spiro atoms. The summed E-state index contributed by atoms with van der Waals surface area (Å²) in [6.07, 6.45) is 2.21. The fourth-order valence-electron chi connectivity index (χ4n) is 2.58. The van der Waals surface area contributed by atoms with Crippen LogP contribution < -0.4 is 14.8 Å². The van der Waals surface area contributed by atoms with Gasteiger partial charge in [0.15, 0.2) is 6.61 Å². The van der Waals surface area contributed by atoms with E-state index >= 15 is 0 Å². The first-order valence-corrected chi connectivity index (χ1v) is 8.55. The van der Waals surface area contributed by atoms with Crippen LogP contribution in [0.4, 0.5) is 0 Å². The third kappa shape index (κ3) is 5.50. The van der Waals surface area contributed by atoms with Crippen molar-refractivity contribution in [1.82, 2.24) is 5.32 Å². The van der Waals surface area contributed by atoms with Crippen LogP contribution in [0, 0.1) is 6.92 Å². The quantitative estimate of drug-likeness (QED) is 0.838. The van der Waals surface area contributed by atoms with Gasteiger partial charge < -0.3 is 19.5 Å². The first-order valence-electron chi connectivity index (χ1n) is 8.55. The summed E-state index contributed by atoms with van der Waals surface area (Å²) < 4.78 is 16.7. The molecule has 1 aliphatic rings. The lowest BCUT2D eigenvalue weighted by Crippen LogP contribution is -2.35. The lowest BCUT2D eigenvalue weighted by Gasteiger charge is -2.11. The number of benzene rings is 2. The minimum Gasteiger partial charge on any atom is -0.484 e. The second-order valence-electron chi connectivity index (χ2n) is 6.11. The summed E-state index contributed by atoms with van der Waals surface area (Å²) in [5.74, 6) is 1.99. The Hall–Kier alpha value is -2.53. The van der Waals surface area contributed by atoms with Crippen molar-refractivity contribution in [2.45, 2.75) is 25.9 Å². The van der Waals surface area contributed by atoms with Crippen LogP contribution in [-0.2, 0) is 9.53 Å². The van der Waals surface area contributed by atoms with Crippen LogP contribution in [-0.4, -0.2) is 31.8 Å². The van der Waals surface area contributed by atoms with Gasteiger partial charge in [0.1, 0.15) is 17.2 Å². The number of ether oxygens (including phenoxy) is 3. The van der Waals surface area contributed by atoms with Crippen LogP contribution in [0.25, 0.3) is 0 Å². The first kappa shape index (κ1) is 17.3. The Morgan fingerprint density at radius 1 is 1.08 bits per heavy atom. The molecule has 0 saturated carbocycles. The highest BCUT2D eigenvalue weighted by Crippen LogP contribution is 2.24. The van der Waals surface area contributed by atoms with Crippen LogP contribution in [0.5, 0.6) is 17.2 Å². The van der Waals surface area contributed by atoms with E-state index in [1.54, 1.807) is 12.1 Å². The van der Waals surface area contributed by atoms with Gasteiger partial charge in [-0.05, 0) is 56.2 Å². The van der Waals surface area contributed by atoms with Gasteiger partial charge in [-0.1, -0.05) is 17.7 Å². The molecule has 1 atom stereocenters. The molecule has 3 rings (SSSR count). The maximum absolute atomic E-state index is 11.8. The van der Waals surface area contributed by atoms with E-state index in [4.69, 9.17) is 14.2 Å². The third-order valence-electron chi connectivity index (χ3n) is 4.00. The van der Waals surface area contributed by atoms with Gasteiger partial charge in [0.05, 0.1) is 6.10 Å². The van der Waals surface area contributed by atoms with Gasteiger partial charge >= 0.3 is 0 Å². The van der Waals surface area contributed by atoms with E-state index in [0.29, 0.717) is 12.3 Å². The van der Waals surface area contributed by atoms with Gasteiger partial charge in [-0.3, -0.25) is 4.79 Å². The minimum atomic E-state index is -0.143. The molecular weight excluding hydrogens is 318 g/mol. The second kappa shape index (κ2) is 8.53. The number of amides is 1. The molecule has 2 aromatic carbocycles. The molecule has 25 heavy (non-hydrogen) atoms. The Morgan fingerprint density at radius 2 is 1.72 bits per heavy atom. The Kier molecular flexibility index (Phi) is 5.90. The number of hydrogen-bond donors (Lipinski definition) is 1. The lowest BCUT2D eigenvalue weighted by atomic mass is 10.2. The average Bonchev–Trinajstić information content (AvgIpc) is 3.15. The molecule has 1 amide bonds. The van der Waals surface area contributed by atoms with Crippen molar-refractivity contribution in [3.8, 4) is 17.2 Å². The van der Waals surface area contributed by atoms with Crippen molar-refractivity contribution in [2.75, 3.05) is 19.8 Å². The second-order valence-corrected chi connectivity index (χ2v) is 6.11. The Balaban J connectivity index is 1.42. The van der Waals surface area contributed by atoms with Crippen molar-refractivity contribution in [2.24, 2.45) is 0 Å². The zero-order chi connectivity index (χ0) is 17.5. The average molecular weight is 341 g/mol. The molecule has 0 aromatic heterocycles. The van der Waals surface area contributed by atoms with E-state index < -0.39 is 0 Å². The van der Waals surface area contributed by atoms with Gasteiger partial charge in [-0.25, -0.2) is 0 Å². The monoisotopic (exact) mass is 341 g/mol. The summed E-state index contributed by atoms with van der Waals surface area (Å²) in [4.78, 5) is 11.8. The van der Waals surface area contributed by atoms with Gasteiger partial charge in [-0.15, -0.1) is 0 Å². The Bertz CT molecular complexity index is 676. The van der Waals surface area contributed by atoms with Gasteiger partial charge in [0, 0.05) is 13.2 Å². The largest absolute Gasteiger partial charge is 0.484 e. The van der Waals surface area contributed by atoms with Gasteiger partial charge in [0.2, 0.25) is 0 Å². The topological polar surface area (TPSA) is 56.8 Å². The summed E-state index contributed by atoms with van der Waals surface area (Å²) >= 11 is 0. The maximum Gasteiger partial charge on any atom is 0.258 e. The fourth-order valence-corrected chi connectivity index (χ4v) is 2.58. The van der Waals surface area contributed by atoms with Crippen LogP contribution in [0.1, 0.15) is 18.4 Å². The van der Waals surface area contributed by atoms with Gasteiger partial charge in [0.25, 0.3) is 5.91 Å². The highest BCUT2D eigenvalue weighted by Gasteiger charge is 2.16. The summed E-state index contributed by atoms with van der Waals surface area (Å²) in [6, 6.07) is 15.1. The van der Waals surface area contributed by atoms with E-state index in [-0.39, 0.29) is 18.6 Å². The molecule has 1 aliphatic heterocycles. The number of carbonyl (C=O) groups excluding carboxylic acids is 1. The lowest BCUT2D eigenvalue weighted by molar-refractivity contribution is -0.123. The zero-order valence-corrected chi connectivity index (χ0v) is 14.4. The van der Waals surface area contributed by atoms with Crippen LogP contribution in [0.3, 0.4) is 0 Å². The molecule has 0 bridgehead atoms. The molecule has 132 valence electrons. The van der Waals surface area contributed by atoms with Crippen molar-refractivity contribution in [1.29, 1.82) is 0 Å². The Morgan fingerprint density at radius 3 is 2.36 bits per heavy atom. The van der Waals surface area contributed by atoms with Crippen LogP contribution >= 0.6 is 0 Å². The van der Waals surface area contributed by atoms with Crippen molar-refractivity contribution in [3.63, 3.8) is 0 Å². The van der Waals surface area contributed by atoms with E-state index in [2.05, 4.69) is 5.32 Å². The number of aryl methyl sites for hydroxylation is 1. The normalized spacial score (nSPS) is 16.4. The molecule has 1 heterocycles. The predicted octanol–water partition coefficient (Wildman–Crippen LogP) is 3.46. The molecule has 1 fully saturated rings. The molecule has 5 nitrogen and oxygen atoms in total. The smallest absolute Gasteiger partial charge is 0.258 e. The van der Waals surface area contributed by atoms with Crippen LogP contribution in [0.15, 0.2) is 48.5 Å². The number of rotatable bonds is 7. The van der Waals surface area contributed by atoms with Gasteiger partial charge in [-0.2, -0.15) is 0 Å². The fraction of sp³-hybridized carbons (Fsp3) is 0.350. The minimum absolute atomic E-state index is 0.00904. The molecule has 5 heteroatoms. The van der Waals surface area contributed by atoms with Crippen molar-refractivity contribution in [3.05, 3.63) is 54.1 Å². The summed E-state index contributed by atoms with van der Waals surface area (Å²) in [5.41, 5.74) is 1.19. The standard InChI is InChI=1S/C20H23NO4/c1-15-4-6-17(7-5-15)25-18-10-8-16(9-11-18)24-14-20(22)21-13-19-3-2-12-23-19/h4-11,19H,2-3,12-14H2,1H3,(H,21,22). The molecule has 1 N–H and O–H groups in total. The van der Waals surface area contributed by atoms with Crippen molar-refractivity contribution >= 4 is 5.91 Å². The number of hydrogen-bond acceptors (Lipinski definition) is 4. The highest BCUT2D eigenvalue weighted by molar-refractivity contribution is 5.77. The first-order chi connectivity index (χ1) is 12.2. The van der Waals surface area contributed by atoms with E-state index in [1.165, 1.54) is 5.56 Å². The van der Waals surface area contributed by atoms with E-state index in [9.17, 15) is 4.79 Å². The molecule has 0 aliphatic carbocycles. The number of nitrogens with one attached hydrogen (secondary N) is 1. The number of carbonyl (C=O) groups is 1. The van der Waals surface area contributed by atoms with E-state index in [1.807, 2.05) is 43.3 Å². The SMILES string of the molecule is Cc1ccc(Oc2ccc(OCC(=O)NCC3CCCO3)cc2)cc1. The molecule has 1 saturated heterocycles. The molecule has 1 unspecified atom stereocenters. The Labute approximate surface area is 147 Å². The van der Waals surface area contributed by atoms with E-state index in [0.717, 1.165) is 30.9 Å². The maximum atomic E-state index is 11.8. The zero-order valence-electron chi connectivity index (χ0n) is 14.4. The summed E-state index contributed by atoms with van der Waals surface area (Å²) in [6.45, 7) is 3.36. The third-order valence-corrected chi connectivity index (χ3v) is 4.00. The van der Waals surface area contributed by atoms with Crippen molar-refractivity contribution < 1.29 is 19.0 Å². The molecule has 0 radical (unpaired) electrons. The summed E-state index contributed by atoms with van der Waals surface area (Å²) in [5, 5.41) is 2.83. The van der Waals surface area contributed by atoms with Crippen LogP contribution in [0.2, 0.25) is 0 Å². The molecular formula is C20H23NO4. The predicted molar refractivity (Wildman–Crippen MR) is 95.2 cm³/mol. The highest BCUT2D eigenvalue weighted by atomic mass is 16.5.